The Kier molecular flexibility index (Phi) is 5.87. The highest BCUT2D eigenvalue weighted by Gasteiger charge is 2.36. The van der Waals surface area contributed by atoms with Gasteiger partial charge >= 0.3 is 0 Å². The van der Waals surface area contributed by atoms with Crippen LogP contribution >= 0.6 is 0 Å². The molecule has 0 saturated carbocycles. The summed E-state index contributed by atoms with van der Waals surface area (Å²) in [5, 5.41) is 3.39. The molecular weight excluding hydrogens is 272 g/mol. The predicted octanol–water partition coefficient (Wildman–Crippen LogP) is 2.22. The van der Waals surface area contributed by atoms with Gasteiger partial charge in [0, 0.05) is 12.6 Å². The molecule has 2 aliphatic heterocycles. The van der Waals surface area contributed by atoms with Gasteiger partial charge in [-0.3, -0.25) is 0 Å². The zero-order valence-corrected chi connectivity index (χ0v) is 13.8. The molecule has 0 aromatic rings. The van der Waals surface area contributed by atoms with Crippen LogP contribution in [0.15, 0.2) is 0 Å². The Balaban J connectivity index is 2.15. The van der Waals surface area contributed by atoms with E-state index in [0.29, 0.717) is 11.7 Å². The van der Waals surface area contributed by atoms with Gasteiger partial charge in [-0.2, -0.15) is 4.31 Å². The molecule has 20 heavy (non-hydrogen) atoms. The SMILES string of the molecule is CC(C)CS(=O)(=O)N1CCCCCC1C1CCNCC1. The van der Waals surface area contributed by atoms with Gasteiger partial charge in [0.2, 0.25) is 10.0 Å². The lowest BCUT2D eigenvalue weighted by atomic mass is 9.88. The normalized spacial score (nSPS) is 27.6. The number of hydrogen-bond donors (Lipinski definition) is 1. The summed E-state index contributed by atoms with van der Waals surface area (Å²) in [6.07, 6.45) is 6.69. The van der Waals surface area contributed by atoms with Crippen molar-refractivity contribution in [3.8, 4) is 0 Å². The summed E-state index contributed by atoms with van der Waals surface area (Å²) < 4.78 is 27.3. The smallest absolute Gasteiger partial charge is 0.214 e. The second kappa shape index (κ2) is 7.23. The van der Waals surface area contributed by atoms with Gasteiger partial charge in [-0.25, -0.2) is 8.42 Å². The van der Waals surface area contributed by atoms with Gasteiger partial charge in [0.05, 0.1) is 5.75 Å². The first-order valence-electron chi connectivity index (χ1n) is 8.21. The van der Waals surface area contributed by atoms with Crippen LogP contribution in [0.2, 0.25) is 0 Å². The van der Waals surface area contributed by atoms with Gasteiger partial charge in [0.1, 0.15) is 0 Å². The number of nitrogens with one attached hydrogen (secondary N) is 1. The maximum atomic E-state index is 12.7. The molecule has 0 amide bonds. The van der Waals surface area contributed by atoms with Crippen molar-refractivity contribution in [3.63, 3.8) is 0 Å². The van der Waals surface area contributed by atoms with Crippen molar-refractivity contribution >= 4 is 10.0 Å². The van der Waals surface area contributed by atoms with E-state index in [0.717, 1.165) is 45.3 Å². The highest BCUT2D eigenvalue weighted by molar-refractivity contribution is 7.89. The number of nitrogens with zero attached hydrogens (tertiary/aromatic N) is 1. The van der Waals surface area contributed by atoms with Crippen molar-refractivity contribution in [2.45, 2.75) is 58.4 Å². The highest BCUT2D eigenvalue weighted by Crippen LogP contribution is 2.30. The first-order valence-corrected chi connectivity index (χ1v) is 9.82. The summed E-state index contributed by atoms with van der Waals surface area (Å²) in [5.41, 5.74) is 0. The molecule has 1 atom stereocenters. The average Bonchev–Trinajstić information content (AvgIpc) is 2.64. The van der Waals surface area contributed by atoms with E-state index in [1.54, 1.807) is 0 Å². The third-order valence-electron chi connectivity index (χ3n) is 4.58. The number of rotatable bonds is 4. The van der Waals surface area contributed by atoms with Crippen LogP contribution in [0.3, 0.4) is 0 Å². The van der Waals surface area contributed by atoms with E-state index >= 15 is 0 Å². The number of hydrogen-bond acceptors (Lipinski definition) is 3. The molecule has 0 aromatic heterocycles. The maximum absolute atomic E-state index is 12.7. The highest BCUT2D eigenvalue weighted by atomic mass is 32.2. The second-order valence-corrected chi connectivity index (χ2v) is 8.75. The lowest BCUT2D eigenvalue weighted by Crippen LogP contribution is -2.48. The van der Waals surface area contributed by atoms with E-state index < -0.39 is 10.0 Å². The summed E-state index contributed by atoms with van der Waals surface area (Å²) in [6.45, 7) is 6.81. The van der Waals surface area contributed by atoms with Crippen molar-refractivity contribution in [1.82, 2.24) is 9.62 Å². The average molecular weight is 302 g/mol. The van der Waals surface area contributed by atoms with E-state index in [2.05, 4.69) is 5.32 Å². The topological polar surface area (TPSA) is 49.4 Å². The van der Waals surface area contributed by atoms with Crippen LogP contribution in [0.4, 0.5) is 0 Å². The Hall–Kier alpha value is -0.130. The second-order valence-electron chi connectivity index (χ2n) is 6.79. The van der Waals surface area contributed by atoms with Crippen LogP contribution in [-0.2, 0) is 10.0 Å². The van der Waals surface area contributed by atoms with Crippen molar-refractivity contribution in [3.05, 3.63) is 0 Å². The molecule has 4 nitrogen and oxygen atoms in total. The fraction of sp³-hybridized carbons (Fsp3) is 1.00. The summed E-state index contributed by atoms with van der Waals surface area (Å²) in [7, 11) is -3.09. The van der Waals surface area contributed by atoms with Crippen molar-refractivity contribution in [2.75, 3.05) is 25.4 Å². The molecule has 0 radical (unpaired) electrons. The quantitative estimate of drug-likeness (QED) is 0.866. The third kappa shape index (κ3) is 4.18. The minimum absolute atomic E-state index is 0.205. The molecule has 0 spiro atoms. The van der Waals surface area contributed by atoms with Crippen LogP contribution in [0.1, 0.15) is 52.4 Å². The molecule has 0 bridgehead atoms. The molecule has 118 valence electrons. The van der Waals surface area contributed by atoms with Gasteiger partial charge in [-0.05, 0) is 50.6 Å². The molecule has 0 aromatic carbocycles. The predicted molar refractivity (Wildman–Crippen MR) is 83.2 cm³/mol. The molecule has 5 heteroatoms. The van der Waals surface area contributed by atoms with Crippen molar-refractivity contribution in [1.29, 1.82) is 0 Å². The third-order valence-corrected chi connectivity index (χ3v) is 6.83. The molecule has 2 aliphatic rings. The van der Waals surface area contributed by atoms with E-state index in [1.807, 2.05) is 18.2 Å². The van der Waals surface area contributed by atoms with Crippen LogP contribution in [0.5, 0.6) is 0 Å². The molecular formula is C15H30N2O2S. The summed E-state index contributed by atoms with van der Waals surface area (Å²) in [5.74, 6) is 1.06. The molecule has 0 aliphatic carbocycles. The van der Waals surface area contributed by atoms with Crippen molar-refractivity contribution in [2.24, 2.45) is 11.8 Å². The van der Waals surface area contributed by atoms with Gasteiger partial charge < -0.3 is 5.32 Å². The largest absolute Gasteiger partial charge is 0.317 e. The number of sulfonamides is 1. The fourth-order valence-corrected chi connectivity index (χ4v) is 5.80. The summed E-state index contributed by atoms with van der Waals surface area (Å²) >= 11 is 0. The van der Waals surface area contributed by atoms with Gasteiger partial charge in [-0.15, -0.1) is 0 Å². The Morgan fingerprint density at radius 1 is 1.10 bits per heavy atom. The van der Waals surface area contributed by atoms with E-state index in [4.69, 9.17) is 0 Å². The Bertz CT molecular complexity index is 389. The summed E-state index contributed by atoms with van der Waals surface area (Å²) in [6, 6.07) is 0.253. The first kappa shape index (κ1) is 16.2. The molecule has 2 rings (SSSR count). The molecule has 1 N–H and O–H groups in total. The zero-order chi connectivity index (χ0) is 14.6. The van der Waals surface area contributed by atoms with Crippen LogP contribution in [-0.4, -0.2) is 44.2 Å². The number of piperidine rings is 1. The Morgan fingerprint density at radius 3 is 2.45 bits per heavy atom. The molecule has 2 heterocycles. The molecule has 2 fully saturated rings. The van der Waals surface area contributed by atoms with Crippen LogP contribution in [0.25, 0.3) is 0 Å². The van der Waals surface area contributed by atoms with Gasteiger partial charge in [-0.1, -0.05) is 26.7 Å². The maximum Gasteiger partial charge on any atom is 0.214 e. The standard InChI is InChI=1S/C15H30N2O2S/c1-13(2)12-20(18,19)17-11-5-3-4-6-15(17)14-7-9-16-10-8-14/h13-16H,3-12H2,1-2H3. The van der Waals surface area contributed by atoms with Crippen LogP contribution in [0, 0.1) is 11.8 Å². The van der Waals surface area contributed by atoms with Crippen molar-refractivity contribution < 1.29 is 8.42 Å². The lowest BCUT2D eigenvalue weighted by Gasteiger charge is -2.37. The Labute approximate surface area is 124 Å². The minimum atomic E-state index is -3.09. The van der Waals surface area contributed by atoms with E-state index in [1.165, 1.54) is 12.8 Å². The van der Waals surface area contributed by atoms with Crippen LogP contribution < -0.4 is 5.32 Å². The Morgan fingerprint density at radius 2 is 1.80 bits per heavy atom. The fourth-order valence-electron chi connectivity index (χ4n) is 3.67. The van der Waals surface area contributed by atoms with Gasteiger partial charge in [0.25, 0.3) is 0 Å². The van der Waals surface area contributed by atoms with E-state index in [-0.39, 0.29) is 12.0 Å². The molecule has 1 unspecified atom stereocenters. The lowest BCUT2D eigenvalue weighted by molar-refractivity contribution is 0.197. The first-order chi connectivity index (χ1) is 9.50. The zero-order valence-electron chi connectivity index (χ0n) is 13.0. The summed E-state index contributed by atoms with van der Waals surface area (Å²) in [4.78, 5) is 0. The van der Waals surface area contributed by atoms with Gasteiger partial charge in [0.15, 0.2) is 0 Å². The monoisotopic (exact) mass is 302 g/mol. The molecule has 2 saturated heterocycles. The van der Waals surface area contributed by atoms with E-state index in [9.17, 15) is 8.42 Å². The minimum Gasteiger partial charge on any atom is -0.317 e.